The van der Waals surface area contributed by atoms with Crippen LogP contribution in [0.1, 0.15) is 57.4 Å². The van der Waals surface area contributed by atoms with E-state index in [-0.39, 0.29) is 0 Å². The Balaban J connectivity index is 1.74. The monoisotopic (exact) mass is 222 g/mol. The Hall–Kier alpha value is -0.830. The second-order valence-electron chi connectivity index (χ2n) is 5.33. The van der Waals surface area contributed by atoms with Gasteiger partial charge < -0.3 is 9.84 Å². The van der Waals surface area contributed by atoms with Gasteiger partial charge in [0.05, 0.1) is 12.2 Å². The average Bonchev–Trinajstić information content (AvgIpc) is 2.91. The van der Waals surface area contributed by atoms with Crippen molar-refractivity contribution in [3.05, 3.63) is 17.5 Å². The van der Waals surface area contributed by atoms with E-state index in [9.17, 15) is 0 Å². The Morgan fingerprint density at radius 2 is 2.19 bits per heavy atom. The summed E-state index contributed by atoms with van der Waals surface area (Å²) >= 11 is 0. The van der Waals surface area contributed by atoms with Crippen molar-refractivity contribution >= 4 is 0 Å². The van der Waals surface area contributed by atoms with Crippen molar-refractivity contribution in [2.45, 2.75) is 58.5 Å². The molecule has 1 N–H and O–H groups in total. The van der Waals surface area contributed by atoms with Gasteiger partial charge in [0, 0.05) is 12.1 Å². The summed E-state index contributed by atoms with van der Waals surface area (Å²) in [6, 6.07) is 2.64. The summed E-state index contributed by atoms with van der Waals surface area (Å²) in [5.41, 5.74) is 1.05. The second kappa shape index (κ2) is 5.00. The van der Waals surface area contributed by atoms with Crippen LogP contribution in [0.2, 0.25) is 0 Å². The molecule has 2 rings (SSSR count). The Kier molecular flexibility index (Phi) is 3.64. The number of aromatic nitrogens is 1. The molecule has 0 saturated heterocycles. The molecule has 0 spiro atoms. The van der Waals surface area contributed by atoms with Gasteiger partial charge in [-0.1, -0.05) is 31.8 Å². The molecule has 1 aliphatic rings. The van der Waals surface area contributed by atoms with Crippen molar-refractivity contribution in [3.8, 4) is 0 Å². The predicted molar refractivity (Wildman–Crippen MR) is 64.2 cm³/mol. The molecule has 3 heteroatoms. The van der Waals surface area contributed by atoms with Gasteiger partial charge >= 0.3 is 0 Å². The molecule has 1 aromatic rings. The van der Waals surface area contributed by atoms with E-state index in [2.05, 4.69) is 37.3 Å². The van der Waals surface area contributed by atoms with Crippen molar-refractivity contribution in [2.75, 3.05) is 0 Å². The van der Waals surface area contributed by atoms with E-state index in [1.807, 2.05) is 0 Å². The third-order valence-corrected chi connectivity index (χ3v) is 3.18. The molecule has 1 atom stereocenters. The summed E-state index contributed by atoms with van der Waals surface area (Å²) in [7, 11) is 0. The van der Waals surface area contributed by atoms with Gasteiger partial charge in [-0.2, -0.15) is 0 Å². The molecule has 3 nitrogen and oxygen atoms in total. The van der Waals surface area contributed by atoms with Crippen molar-refractivity contribution in [1.29, 1.82) is 0 Å². The van der Waals surface area contributed by atoms with Crippen LogP contribution < -0.4 is 5.32 Å². The molecule has 1 unspecified atom stereocenters. The van der Waals surface area contributed by atoms with Crippen LogP contribution in [0, 0.1) is 5.92 Å². The fraction of sp³-hybridized carbons (Fsp3) is 0.769. The number of hydrogen-bond donors (Lipinski definition) is 1. The quantitative estimate of drug-likeness (QED) is 0.803. The maximum absolute atomic E-state index is 5.28. The molecule has 16 heavy (non-hydrogen) atoms. The molecule has 0 bridgehead atoms. The van der Waals surface area contributed by atoms with E-state index in [0.717, 1.165) is 23.9 Å². The van der Waals surface area contributed by atoms with Crippen LogP contribution in [-0.2, 0) is 6.54 Å². The predicted octanol–water partition coefficient (Wildman–Crippen LogP) is 3.08. The summed E-state index contributed by atoms with van der Waals surface area (Å²) < 4.78 is 5.28. The molecule has 1 heterocycles. The summed E-state index contributed by atoms with van der Waals surface area (Å²) in [6.45, 7) is 7.31. The number of nitrogens with zero attached hydrogens (tertiary/aromatic N) is 1. The fourth-order valence-electron chi connectivity index (χ4n) is 1.90. The van der Waals surface area contributed by atoms with Gasteiger partial charge in [0.25, 0.3) is 0 Å². The highest BCUT2D eigenvalue weighted by molar-refractivity contribution is 5.08. The molecule has 1 aliphatic carbocycles. The van der Waals surface area contributed by atoms with Crippen molar-refractivity contribution in [2.24, 2.45) is 5.92 Å². The van der Waals surface area contributed by atoms with E-state index in [4.69, 9.17) is 4.52 Å². The number of rotatable bonds is 6. The molecule has 0 aliphatic heterocycles. The lowest BCUT2D eigenvalue weighted by molar-refractivity contribution is 0.354. The molecule has 0 radical (unpaired) electrons. The maximum Gasteiger partial charge on any atom is 0.150 e. The normalized spacial score (nSPS) is 18.0. The van der Waals surface area contributed by atoms with Crippen LogP contribution in [0.5, 0.6) is 0 Å². The first-order valence-electron chi connectivity index (χ1n) is 6.34. The highest BCUT2D eigenvalue weighted by Crippen LogP contribution is 2.33. The Morgan fingerprint density at radius 3 is 2.75 bits per heavy atom. The minimum absolute atomic E-state index is 0.446. The first kappa shape index (κ1) is 11.6. The van der Waals surface area contributed by atoms with E-state index in [0.29, 0.717) is 12.0 Å². The molecule has 1 fully saturated rings. The summed E-state index contributed by atoms with van der Waals surface area (Å²) in [5.74, 6) is 2.37. The third-order valence-electron chi connectivity index (χ3n) is 3.18. The smallest absolute Gasteiger partial charge is 0.150 e. The minimum atomic E-state index is 0.446. The topological polar surface area (TPSA) is 38.1 Å². The molecular formula is C13H22N2O. The summed E-state index contributed by atoms with van der Waals surface area (Å²) in [6.07, 6.45) is 4.14. The van der Waals surface area contributed by atoms with Crippen LogP contribution in [0.15, 0.2) is 10.6 Å². The van der Waals surface area contributed by atoms with Gasteiger partial charge in [-0.25, -0.2) is 0 Å². The lowest BCUT2D eigenvalue weighted by atomic mass is 10.1. The molecular weight excluding hydrogens is 200 g/mol. The maximum atomic E-state index is 5.28. The fourth-order valence-corrected chi connectivity index (χ4v) is 1.90. The van der Waals surface area contributed by atoms with E-state index >= 15 is 0 Å². The third kappa shape index (κ3) is 3.34. The first-order chi connectivity index (χ1) is 7.65. The van der Waals surface area contributed by atoms with Crippen LogP contribution in [0.4, 0.5) is 0 Å². The Morgan fingerprint density at radius 1 is 1.44 bits per heavy atom. The SMILES string of the molecule is CC(CC1CC1)NCc1cc(C(C)C)no1. The summed E-state index contributed by atoms with van der Waals surface area (Å²) in [4.78, 5) is 0. The average molecular weight is 222 g/mol. The largest absolute Gasteiger partial charge is 0.360 e. The van der Waals surface area contributed by atoms with Gasteiger partial charge in [-0.05, 0) is 25.2 Å². The zero-order valence-corrected chi connectivity index (χ0v) is 10.5. The van der Waals surface area contributed by atoms with Crippen LogP contribution in [-0.4, -0.2) is 11.2 Å². The lowest BCUT2D eigenvalue weighted by Gasteiger charge is -2.11. The van der Waals surface area contributed by atoms with E-state index < -0.39 is 0 Å². The molecule has 90 valence electrons. The highest BCUT2D eigenvalue weighted by atomic mass is 16.5. The van der Waals surface area contributed by atoms with Crippen LogP contribution in [0.3, 0.4) is 0 Å². The number of nitrogens with one attached hydrogen (secondary N) is 1. The van der Waals surface area contributed by atoms with E-state index in [1.165, 1.54) is 19.3 Å². The van der Waals surface area contributed by atoms with Crippen molar-refractivity contribution < 1.29 is 4.52 Å². The minimum Gasteiger partial charge on any atom is -0.360 e. The van der Waals surface area contributed by atoms with Crippen molar-refractivity contribution in [1.82, 2.24) is 10.5 Å². The van der Waals surface area contributed by atoms with Gasteiger partial charge in [0.2, 0.25) is 0 Å². The summed E-state index contributed by atoms with van der Waals surface area (Å²) in [5, 5.41) is 7.54. The van der Waals surface area contributed by atoms with E-state index in [1.54, 1.807) is 0 Å². The van der Waals surface area contributed by atoms with Crippen molar-refractivity contribution in [3.63, 3.8) is 0 Å². The van der Waals surface area contributed by atoms with Gasteiger partial charge in [0.15, 0.2) is 5.76 Å². The Bertz CT molecular complexity index is 328. The standard InChI is InChI=1S/C13H22N2O/c1-9(2)13-7-12(16-15-13)8-14-10(3)6-11-4-5-11/h7,9-11,14H,4-6,8H2,1-3H3. The Labute approximate surface area is 97.6 Å². The zero-order valence-electron chi connectivity index (χ0n) is 10.5. The number of hydrogen-bond acceptors (Lipinski definition) is 3. The molecule has 1 saturated carbocycles. The highest BCUT2D eigenvalue weighted by Gasteiger charge is 2.23. The first-order valence-corrected chi connectivity index (χ1v) is 6.34. The lowest BCUT2D eigenvalue weighted by Crippen LogP contribution is -2.25. The van der Waals surface area contributed by atoms with Gasteiger partial charge in [-0.3, -0.25) is 0 Å². The molecule has 0 amide bonds. The van der Waals surface area contributed by atoms with Gasteiger partial charge in [-0.15, -0.1) is 0 Å². The van der Waals surface area contributed by atoms with Crippen LogP contribution in [0.25, 0.3) is 0 Å². The van der Waals surface area contributed by atoms with Crippen LogP contribution >= 0.6 is 0 Å². The zero-order chi connectivity index (χ0) is 11.5. The second-order valence-corrected chi connectivity index (χ2v) is 5.33. The molecule has 0 aromatic carbocycles. The van der Waals surface area contributed by atoms with Gasteiger partial charge in [0.1, 0.15) is 0 Å². The molecule has 1 aromatic heterocycles.